The van der Waals surface area contributed by atoms with Crippen LogP contribution in [0, 0.1) is 0 Å². The average Bonchev–Trinajstić information content (AvgIpc) is 2.99. The Morgan fingerprint density at radius 3 is 2.59 bits per heavy atom. The van der Waals surface area contributed by atoms with Crippen molar-refractivity contribution in [1.82, 2.24) is 19.9 Å². The average molecular weight is 593 g/mol. The zero-order chi connectivity index (χ0) is 28.6. The molecule has 0 saturated carbocycles. The number of amides is 1. The molecule has 212 valence electrons. The molecule has 2 aromatic heterocycles. The zero-order valence-electron chi connectivity index (χ0n) is 22.4. The van der Waals surface area contributed by atoms with Crippen LogP contribution >= 0.6 is 23.2 Å². The van der Waals surface area contributed by atoms with Gasteiger partial charge in [0.15, 0.2) is 5.82 Å². The molecular weight excluding hydrogens is 561 g/mol. The maximum Gasteiger partial charge on any atom is 0.410 e. The number of rotatable bonds is 9. The summed E-state index contributed by atoms with van der Waals surface area (Å²) < 4.78 is 5.52. The summed E-state index contributed by atoms with van der Waals surface area (Å²) >= 11 is 12.2. The molecule has 4 N–H and O–H groups in total. The molecule has 1 fully saturated rings. The van der Waals surface area contributed by atoms with Gasteiger partial charge in [-0.25, -0.2) is 9.78 Å². The van der Waals surface area contributed by atoms with E-state index in [-0.39, 0.29) is 24.0 Å². The number of carbonyl (C=O) groups is 1. The highest BCUT2D eigenvalue weighted by Crippen LogP contribution is 2.29. The van der Waals surface area contributed by atoms with Crippen LogP contribution in [0.15, 0.2) is 73.2 Å². The Labute approximate surface area is 249 Å². The number of hydrogen-bond donors (Lipinski definition) is 3. The summed E-state index contributed by atoms with van der Waals surface area (Å²) in [5, 5.41) is 7.44. The summed E-state index contributed by atoms with van der Waals surface area (Å²) in [5.74, 6) is 0.435. The third-order valence-corrected chi connectivity index (χ3v) is 7.36. The lowest BCUT2D eigenvalue weighted by atomic mass is 10.0. The molecule has 5 rings (SSSR count). The van der Waals surface area contributed by atoms with Crippen molar-refractivity contribution in [2.45, 2.75) is 38.3 Å². The van der Waals surface area contributed by atoms with Crippen molar-refractivity contribution in [3.8, 4) is 0 Å². The highest BCUT2D eigenvalue weighted by Gasteiger charge is 2.24. The Morgan fingerprint density at radius 2 is 1.80 bits per heavy atom. The van der Waals surface area contributed by atoms with E-state index in [0.717, 1.165) is 53.7 Å². The minimum absolute atomic E-state index is 0.111. The normalized spacial score (nSPS) is 13.6. The second-order valence-electron chi connectivity index (χ2n) is 9.90. The summed E-state index contributed by atoms with van der Waals surface area (Å²) in [7, 11) is 0. The largest absolute Gasteiger partial charge is 0.445 e. The van der Waals surface area contributed by atoms with Gasteiger partial charge < -0.3 is 26.0 Å². The van der Waals surface area contributed by atoms with E-state index >= 15 is 0 Å². The number of ether oxygens (including phenoxy) is 1. The molecule has 1 saturated heterocycles. The molecule has 41 heavy (non-hydrogen) atoms. The van der Waals surface area contributed by atoms with Crippen molar-refractivity contribution >= 4 is 52.2 Å². The van der Waals surface area contributed by atoms with Crippen molar-refractivity contribution in [3.63, 3.8) is 0 Å². The molecule has 0 aliphatic carbocycles. The number of likely N-dealkylation sites (tertiary alicyclic amines) is 1. The number of nitrogens with one attached hydrogen (secondary N) is 2. The highest BCUT2D eigenvalue weighted by molar-refractivity contribution is 6.33. The van der Waals surface area contributed by atoms with E-state index in [1.165, 1.54) is 6.20 Å². The van der Waals surface area contributed by atoms with E-state index in [4.69, 9.17) is 33.7 Å². The van der Waals surface area contributed by atoms with Gasteiger partial charge >= 0.3 is 6.09 Å². The van der Waals surface area contributed by atoms with E-state index in [9.17, 15) is 4.79 Å². The van der Waals surface area contributed by atoms with Crippen LogP contribution in [0.25, 0.3) is 0 Å². The van der Waals surface area contributed by atoms with Gasteiger partial charge in [-0.1, -0.05) is 41.9 Å². The molecule has 4 aromatic rings. The lowest BCUT2D eigenvalue weighted by Crippen LogP contribution is -2.42. The maximum atomic E-state index is 12.6. The predicted molar refractivity (Wildman–Crippen MR) is 163 cm³/mol. The number of carbonyl (C=O) groups excluding carboxylic acids is 1. The molecule has 11 heteroatoms. The molecule has 1 aliphatic rings. The smallest absolute Gasteiger partial charge is 0.410 e. The molecule has 0 spiro atoms. The predicted octanol–water partition coefficient (Wildman–Crippen LogP) is 6.50. The number of aromatic nitrogens is 3. The number of nitrogens with zero attached hydrogens (tertiary/aromatic N) is 4. The first kappa shape index (κ1) is 28.4. The van der Waals surface area contributed by atoms with Gasteiger partial charge in [-0.3, -0.25) is 4.98 Å². The van der Waals surface area contributed by atoms with Gasteiger partial charge in [0, 0.05) is 42.9 Å². The van der Waals surface area contributed by atoms with Crippen molar-refractivity contribution in [3.05, 3.63) is 100 Å². The molecule has 2 aromatic carbocycles. The van der Waals surface area contributed by atoms with E-state index < -0.39 is 0 Å². The number of nitrogens with two attached hydrogens (primary N) is 1. The van der Waals surface area contributed by atoms with Gasteiger partial charge in [0.1, 0.15) is 11.6 Å². The number of benzene rings is 2. The summed E-state index contributed by atoms with van der Waals surface area (Å²) in [5.41, 5.74) is 11.6. The van der Waals surface area contributed by atoms with Crippen molar-refractivity contribution in [1.29, 1.82) is 0 Å². The van der Waals surface area contributed by atoms with E-state index in [1.54, 1.807) is 11.1 Å². The van der Waals surface area contributed by atoms with E-state index in [2.05, 4.69) is 31.7 Å². The van der Waals surface area contributed by atoms with Gasteiger partial charge in [-0.05, 0) is 78.2 Å². The monoisotopic (exact) mass is 591 g/mol. The second-order valence-corrected chi connectivity index (χ2v) is 10.7. The van der Waals surface area contributed by atoms with Crippen LogP contribution in [-0.4, -0.2) is 45.1 Å². The fourth-order valence-corrected chi connectivity index (χ4v) is 5.02. The van der Waals surface area contributed by atoms with Crippen LogP contribution in [0.3, 0.4) is 0 Å². The Bertz CT molecular complexity index is 1480. The lowest BCUT2D eigenvalue weighted by Gasteiger charge is -2.32. The molecule has 0 atom stereocenters. The first-order valence-corrected chi connectivity index (χ1v) is 14.2. The highest BCUT2D eigenvalue weighted by atomic mass is 35.5. The van der Waals surface area contributed by atoms with Crippen LogP contribution in [0.1, 0.15) is 29.5 Å². The van der Waals surface area contributed by atoms with Crippen LogP contribution < -0.4 is 16.4 Å². The zero-order valence-corrected chi connectivity index (χ0v) is 23.9. The molecule has 0 bridgehead atoms. The summed E-state index contributed by atoms with van der Waals surface area (Å²) in [6, 6.07) is 18.0. The summed E-state index contributed by atoms with van der Waals surface area (Å²) in [6.45, 7) is 1.53. The van der Waals surface area contributed by atoms with Crippen molar-refractivity contribution < 1.29 is 9.53 Å². The molecular formula is C30H31Cl2N7O2. The van der Waals surface area contributed by atoms with Gasteiger partial charge in [-0.15, -0.1) is 0 Å². The Balaban J connectivity index is 1.24. The van der Waals surface area contributed by atoms with Gasteiger partial charge in [0.05, 0.1) is 11.9 Å². The molecule has 0 radical (unpaired) electrons. The van der Waals surface area contributed by atoms with Crippen molar-refractivity contribution in [2.24, 2.45) is 0 Å². The number of nitrogen functional groups attached to an aromatic ring is 1. The third-order valence-electron chi connectivity index (χ3n) is 6.90. The molecule has 1 amide bonds. The number of anilines is 4. The quantitative estimate of drug-likeness (QED) is 0.189. The van der Waals surface area contributed by atoms with E-state index in [1.807, 2.05) is 54.7 Å². The van der Waals surface area contributed by atoms with Crippen LogP contribution in [-0.2, 0) is 24.2 Å². The SMILES string of the molecule is Nc1cncc(CCc2cc(Nc3nc(Cl)ncc3Cl)ccc2NC2CCN(C(=O)OCc3ccccc3)CC2)c1. The summed E-state index contributed by atoms with van der Waals surface area (Å²) in [4.78, 5) is 26.7. The topological polar surface area (TPSA) is 118 Å². The lowest BCUT2D eigenvalue weighted by molar-refractivity contribution is 0.0882. The Morgan fingerprint density at radius 1 is 1.00 bits per heavy atom. The number of pyridine rings is 1. The Kier molecular flexibility index (Phi) is 9.38. The molecule has 1 aliphatic heterocycles. The Hall–Kier alpha value is -4.08. The second kappa shape index (κ2) is 13.5. The van der Waals surface area contributed by atoms with Crippen molar-refractivity contribution in [2.75, 3.05) is 29.5 Å². The number of aryl methyl sites for hydroxylation is 2. The molecule has 0 unspecified atom stereocenters. The fourth-order valence-electron chi connectivity index (χ4n) is 4.75. The number of piperidine rings is 1. The molecule has 3 heterocycles. The van der Waals surface area contributed by atoms with Crippen LogP contribution in [0.5, 0.6) is 0 Å². The van der Waals surface area contributed by atoms with E-state index in [0.29, 0.717) is 29.6 Å². The first-order chi connectivity index (χ1) is 19.9. The molecule has 9 nitrogen and oxygen atoms in total. The number of halogens is 2. The minimum Gasteiger partial charge on any atom is -0.445 e. The third kappa shape index (κ3) is 7.99. The first-order valence-electron chi connectivity index (χ1n) is 13.4. The standard InChI is InChI=1S/C30H31Cl2N7O2/c31-26-18-35-29(32)38-28(26)37-25-8-9-27(22(15-25)7-6-21-14-23(33)17-34-16-21)36-24-10-12-39(13-11-24)30(40)41-19-20-4-2-1-3-5-20/h1-5,8-9,14-18,24,36H,6-7,10-13,19,33H2,(H,35,37,38). The maximum absolute atomic E-state index is 12.6. The minimum atomic E-state index is -0.275. The van der Waals surface area contributed by atoms with Gasteiger partial charge in [0.2, 0.25) is 5.28 Å². The summed E-state index contributed by atoms with van der Waals surface area (Å²) in [6.07, 6.45) is 7.81. The fraction of sp³-hybridized carbons (Fsp3) is 0.267. The van der Waals surface area contributed by atoms with Crippen LogP contribution in [0.2, 0.25) is 10.3 Å². The number of hydrogen-bond acceptors (Lipinski definition) is 8. The van der Waals surface area contributed by atoms with Gasteiger partial charge in [0.25, 0.3) is 0 Å². The van der Waals surface area contributed by atoms with Gasteiger partial charge in [-0.2, -0.15) is 4.98 Å². The van der Waals surface area contributed by atoms with Crippen LogP contribution in [0.4, 0.5) is 27.7 Å².